The van der Waals surface area contributed by atoms with Gasteiger partial charge in [-0.05, 0) is 55.0 Å². The van der Waals surface area contributed by atoms with Gasteiger partial charge in [0.1, 0.15) is 4.90 Å². The molecule has 204 valence electrons. The van der Waals surface area contributed by atoms with Crippen LogP contribution in [-0.4, -0.2) is 68.8 Å². The molecule has 2 heterocycles. The number of sulfonamides is 1. The molecule has 2 aliphatic heterocycles. The van der Waals surface area contributed by atoms with Gasteiger partial charge in [-0.2, -0.15) is 0 Å². The normalized spacial score (nSPS) is 18.4. The van der Waals surface area contributed by atoms with Crippen LogP contribution in [0.3, 0.4) is 0 Å². The van der Waals surface area contributed by atoms with Crippen molar-refractivity contribution in [1.29, 1.82) is 0 Å². The van der Waals surface area contributed by atoms with Gasteiger partial charge in [-0.3, -0.25) is 19.2 Å². The zero-order valence-corrected chi connectivity index (χ0v) is 23.8. The molecule has 2 saturated heterocycles. The van der Waals surface area contributed by atoms with Crippen molar-refractivity contribution in [3.05, 3.63) is 87.4 Å². The van der Waals surface area contributed by atoms with Crippen LogP contribution < -0.4 is 9.62 Å². The fourth-order valence-corrected chi connectivity index (χ4v) is 6.90. The number of piperazine rings is 1. The molecule has 1 unspecified atom stereocenters. The maximum atomic E-state index is 13.3. The lowest BCUT2D eigenvalue weighted by atomic mass is 10.1. The van der Waals surface area contributed by atoms with E-state index in [0.717, 1.165) is 12.1 Å². The lowest BCUT2D eigenvalue weighted by molar-refractivity contribution is -0.122. The minimum absolute atomic E-state index is 0.0373. The number of carbonyl (C=O) groups is 2. The molecule has 2 amide bonds. The average molecular weight is 608 g/mol. The van der Waals surface area contributed by atoms with Gasteiger partial charge < -0.3 is 9.80 Å². The third kappa shape index (κ3) is 5.88. The first-order chi connectivity index (χ1) is 18.6. The van der Waals surface area contributed by atoms with Crippen LogP contribution in [0, 0.1) is 0 Å². The minimum Gasteiger partial charge on any atom is -0.336 e. The number of carbonyl (C=O) groups excluding carboxylic acids is 2. The fourth-order valence-electron chi connectivity index (χ4n) is 4.91. The number of rotatable bonds is 6. The van der Waals surface area contributed by atoms with Gasteiger partial charge in [0.05, 0.1) is 21.8 Å². The quantitative estimate of drug-likeness (QED) is 0.426. The summed E-state index contributed by atoms with van der Waals surface area (Å²) in [5, 5.41) is 0.430. The Hall–Kier alpha value is -2.82. The van der Waals surface area contributed by atoms with Crippen molar-refractivity contribution in [2.24, 2.45) is 0 Å². The van der Waals surface area contributed by atoms with E-state index in [-0.39, 0.29) is 44.0 Å². The molecule has 2 aliphatic rings. The fraction of sp³-hybridized carbons (Fsp3) is 0.259. The van der Waals surface area contributed by atoms with E-state index < -0.39 is 10.0 Å². The Balaban J connectivity index is 1.26. The summed E-state index contributed by atoms with van der Waals surface area (Å²) in [7, 11) is -4.17. The van der Waals surface area contributed by atoms with Gasteiger partial charge in [0.2, 0.25) is 5.91 Å². The van der Waals surface area contributed by atoms with Crippen molar-refractivity contribution < 1.29 is 18.0 Å². The van der Waals surface area contributed by atoms with Gasteiger partial charge >= 0.3 is 0 Å². The summed E-state index contributed by atoms with van der Waals surface area (Å²) < 4.78 is 28.6. The third-order valence-electron chi connectivity index (χ3n) is 6.93. The molecular weight excluding hydrogens is 583 g/mol. The minimum atomic E-state index is -4.17. The molecule has 3 aromatic carbocycles. The van der Waals surface area contributed by atoms with Crippen molar-refractivity contribution in [2.75, 3.05) is 42.3 Å². The van der Waals surface area contributed by atoms with Crippen LogP contribution in [0.25, 0.3) is 0 Å². The van der Waals surface area contributed by atoms with Crippen LogP contribution in [0.4, 0.5) is 11.4 Å². The summed E-state index contributed by atoms with van der Waals surface area (Å²) in [5.41, 5.74) is 1.18. The van der Waals surface area contributed by atoms with Crippen molar-refractivity contribution in [1.82, 2.24) is 9.80 Å². The molecule has 0 spiro atoms. The molecule has 1 N–H and O–H groups in total. The van der Waals surface area contributed by atoms with Gasteiger partial charge in [-0.15, -0.1) is 0 Å². The number of benzene rings is 3. The molecule has 0 aromatic heterocycles. The van der Waals surface area contributed by atoms with Gasteiger partial charge in [0, 0.05) is 49.0 Å². The molecule has 8 nitrogen and oxygen atoms in total. The number of nitrogens with zero attached hydrogens (tertiary/aromatic N) is 3. The van der Waals surface area contributed by atoms with Crippen LogP contribution in [-0.2, 0) is 14.8 Å². The maximum Gasteiger partial charge on any atom is 0.263 e. The second-order valence-electron chi connectivity index (χ2n) is 9.33. The highest BCUT2D eigenvalue weighted by atomic mass is 35.5. The van der Waals surface area contributed by atoms with Crippen LogP contribution in [0.2, 0.25) is 15.1 Å². The number of para-hydroxylation sites is 1. The average Bonchev–Trinajstić information content (AvgIpc) is 3.32. The van der Waals surface area contributed by atoms with E-state index in [1.165, 1.54) is 36.4 Å². The number of amides is 2. The summed E-state index contributed by atoms with van der Waals surface area (Å²) in [6.45, 7) is 2.56. The number of hydrogen-bond acceptors (Lipinski definition) is 5. The van der Waals surface area contributed by atoms with Gasteiger partial charge in [0.15, 0.2) is 0 Å². The van der Waals surface area contributed by atoms with Gasteiger partial charge in [0.25, 0.3) is 15.9 Å². The molecule has 5 rings (SSSR count). The van der Waals surface area contributed by atoms with Gasteiger partial charge in [-0.1, -0.05) is 53.0 Å². The van der Waals surface area contributed by atoms with E-state index in [9.17, 15) is 18.0 Å². The molecule has 0 radical (unpaired) electrons. The Morgan fingerprint density at radius 2 is 1.54 bits per heavy atom. The Labute approximate surface area is 242 Å². The van der Waals surface area contributed by atoms with Crippen LogP contribution in [0.1, 0.15) is 16.8 Å². The molecule has 0 aliphatic carbocycles. The molecule has 2 fully saturated rings. The second kappa shape index (κ2) is 11.3. The Kier molecular flexibility index (Phi) is 8.07. The molecule has 0 bridgehead atoms. The molecule has 39 heavy (non-hydrogen) atoms. The van der Waals surface area contributed by atoms with Crippen LogP contribution >= 0.6 is 34.8 Å². The number of halogens is 3. The summed E-state index contributed by atoms with van der Waals surface area (Å²) in [4.78, 5) is 31.7. The highest BCUT2D eigenvalue weighted by Crippen LogP contribution is 2.31. The lowest BCUT2D eigenvalue weighted by Gasteiger charge is -2.37. The monoisotopic (exact) mass is 606 g/mol. The topological polar surface area (TPSA) is 90.0 Å². The largest absolute Gasteiger partial charge is 0.336 e. The highest BCUT2D eigenvalue weighted by Gasteiger charge is 2.38. The molecule has 1 atom stereocenters. The third-order valence-corrected chi connectivity index (χ3v) is 9.34. The molecular formula is C27H25Cl3N4O4S. The predicted octanol–water partition coefficient (Wildman–Crippen LogP) is 5.01. The predicted molar refractivity (Wildman–Crippen MR) is 153 cm³/mol. The Morgan fingerprint density at radius 3 is 2.26 bits per heavy atom. The first kappa shape index (κ1) is 27.7. The Morgan fingerprint density at radius 1 is 0.846 bits per heavy atom. The molecule has 12 heteroatoms. The van der Waals surface area contributed by atoms with Crippen molar-refractivity contribution >= 4 is 68.0 Å². The van der Waals surface area contributed by atoms with E-state index in [0.29, 0.717) is 37.7 Å². The van der Waals surface area contributed by atoms with Crippen molar-refractivity contribution in [2.45, 2.75) is 17.4 Å². The summed E-state index contributed by atoms with van der Waals surface area (Å²) in [6, 6.07) is 17.9. The first-order valence-electron chi connectivity index (χ1n) is 12.3. The number of nitrogens with one attached hydrogen (secondary N) is 1. The van der Waals surface area contributed by atoms with E-state index in [1.54, 1.807) is 4.90 Å². The molecule has 3 aromatic rings. The molecule has 0 saturated carbocycles. The van der Waals surface area contributed by atoms with Crippen LogP contribution in [0.15, 0.2) is 71.6 Å². The maximum absolute atomic E-state index is 13.3. The summed E-state index contributed by atoms with van der Waals surface area (Å²) >= 11 is 18.3. The number of hydrogen-bond donors (Lipinski definition) is 1. The highest BCUT2D eigenvalue weighted by molar-refractivity contribution is 7.92. The van der Waals surface area contributed by atoms with E-state index in [1.807, 2.05) is 35.2 Å². The first-order valence-corrected chi connectivity index (χ1v) is 14.9. The zero-order valence-electron chi connectivity index (χ0n) is 20.7. The van der Waals surface area contributed by atoms with Crippen molar-refractivity contribution in [3.63, 3.8) is 0 Å². The van der Waals surface area contributed by atoms with E-state index in [4.69, 9.17) is 34.8 Å². The SMILES string of the molecule is O=C(c1ccc(Cl)c(S(=O)(=O)Nc2cc(Cl)ccc2Cl)c1)N1CCN(C2CCN(c3ccccc3)C2=O)CC1. The van der Waals surface area contributed by atoms with Gasteiger partial charge in [-0.25, -0.2) is 8.42 Å². The van der Waals surface area contributed by atoms with E-state index in [2.05, 4.69) is 9.62 Å². The van der Waals surface area contributed by atoms with E-state index >= 15 is 0 Å². The van der Waals surface area contributed by atoms with Crippen molar-refractivity contribution in [3.8, 4) is 0 Å². The zero-order chi connectivity index (χ0) is 27.7. The second-order valence-corrected chi connectivity index (χ2v) is 12.2. The number of anilines is 2. The summed E-state index contributed by atoms with van der Waals surface area (Å²) in [6.07, 6.45) is 0.726. The summed E-state index contributed by atoms with van der Waals surface area (Å²) in [5.74, 6) is -0.243. The van der Waals surface area contributed by atoms with Crippen LogP contribution in [0.5, 0.6) is 0 Å². The smallest absolute Gasteiger partial charge is 0.263 e. The standard InChI is InChI=1S/C27H25Cl3N4O4S/c28-19-7-9-21(29)23(17-19)31-39(37,38)25-16-18(6-8-22(25)30)26(35)33-14-12-32(13-15-33)24-10-11-34(27(24)36)20-4-2-1-3-5-20/h1-9,16-17,24,31H,10-15H2. The Bertz CT molecular complexity index is 1510. The lowest BCUT2D eigenvalue weighted by Crippen LogP contribution is -2.53.